The van der Waals surface area contributed by atoms with E-state index < -0.39 is 5.60 Å². The maximum absolute atomic E-state index is 12.0. The Labute approximate surface area is 143 Å². The van der Waals surface area contributed by atoms with Crippen LogP contribution in [0.25, 0.3) is 5.69 Å². The Morgan fingerprint density at radius 2 is 2.08 bits per heavy atom. The Morgan fingerprint density at radius 1 is 1.29 bits per heavy atom. The maximum atomic E-state index is 12.0. The third kappa shape index (κ3) is 3.81. The monoisotopic (exact) mass is 342 g/mol. The lowest BCUT2D eigenvalue weighted by molar-refractivity contribution is 0.0637. The molecule has 0 fully saturated rings. The molecule has 0 aliphatic heterocycles. The van der Waals surface area contributed by atoms with Crippen LogP contribution in [0.15, 0.2) is 60.2 Å². The molecule has 2 aromatic heterocycles. The molecule has 3 N–H and O–H groups in total. The number of urea groups is 1. The number of nitrogens with one attached hydrogen (secondary N) is 2. The fraction of sp³-hybridized carbons (Fsp3) is 0.176. The Balaban J connectivity index is 1.57. The summed E-state index contributed by atoms with van der Waals surface area (Å²) in [6.07, 6.45) is 3.30. The van der Waals surface area contributed by atoms with Gasteiger partial charge in [-0.2, -0.15) is 5.10 Å². The van der Waals surface area contributed by atoms with Gasteiger partial charge >= 0.3 is 6.03 Å². The van der Waals surface area contributed by atoms with E-state index in [0.29, 0.717) is 5.69 Å². The first kappa shape index (κ1) is 16.2. The SMILES string of the molecule is C[C@](O)(CNC(=O)Nc1cnn(-c2ccccc2)c1)c1cccs1. The van der Waals surface area contributed by atoms with Gasteiger partial charge in [-0.15, -0.1) is 11.3 Å². The minimum atomic E-state index is -1.10. The summed E-state index contributed by atoms with van der Waals surface area (Å²) in [5.74, 6) is 0. The minimum absolute atomic E-state index is 0.117. The first-order valence-electron chi connectivity index (χ1n) is 7.46. The van der Waals surface area contributed by atoms with Crippen LogP contribution < -0.4 is 10.6 Å². The normalized spacial score (nSPS) is 13.2. The quantitative estimate of drug-likeness (QED) is 0.667. The first-order chi connectivity index (χ1) is 11.5. The molecule has 2 amide bonds. The number of nitrogens with zero attached hydrogens (tertiary/aromatic N) is 2. The fourth-order valence-corrected chi connectivity index (χ4v) is 3.00. The number of carbonyl (C=O) groups is 1. The second kappa shape index (κ2) is 6.86. The van der Waals surface area contributed by atoms with Crippen molar-refractivity contribution >= 4 is 23.1 Å². The number of hydrogen-bond acceptors (Lipinski definition) is 4. The number of aromatic nitrogens is 2. The highest BCUT2D eigenvalue weighted by atomic mass is 32.1. The van der Waals surface area contributed by atoms with E-state index >= 15 is 0 Å². The number of anilines is 1. The zero-order chi connectivity index (χ0) is 17.0. The minimum Gasteiger partial charge on any atom is -0.383 e. The molecule has 24 heavy (non-hydrogen) atoms. The van der Waals surface area contributed by atoms with E-state index in [9.17, 15) is 9.90 Å². The summed E-state index contributed by atoms with van der Waals surface area (Å²) < 4.78 is 1.68. The van der Waals surface area contributed by atoms with Crippen molar-refractivity contribution in [2.45, 2.75) is 12.5 Å². The van der Waals surface area contributed by atoms with Gasteiger partial charge in [0, 0.05) is 4.88 Å². The van der Waals surface area contributed by atoms with Crippen LogP contribution in [-0.4, -0.2) is 27.5 Å². The number of thiophene rings is 1. The maximum Gasteiger partial charge on any atom is 0.319 e. The summed E-state index contributed by atoms with van der Waals surface area (Å²) in [6.45, 7) is 1.79. The van der Waals surface area contributed by atoms with Gasteiger partial charge in [-0.1, -0.05) is 24.3 Å². The van der Waals surface area contributed by atoms with Crippen LogP contribution in [-0.2, 0) is 5.60 Å². The molecule has 2 heterocycles. The highest BCUT2D eigenvalue weighted by Crippen LogP contribution is 2.24. The molecule has 0 bridgehead atoms. The van der Waals surface area contributed by atoms with Crippen molar-refractivity contribution in [3.63, 3.8) is 0 Å². The highest BCUT2D eigenvalue weighted by molar-refractivity contribution is 7.10. The molecule has 3 rings (SSSR count). The van der Waals surface area contributed by atoms with E-state index in [1.165, 1.54) is 11.3 Å². The third-order valence-corrected chi connectivity index (χ3v) is 4.63. The van der Waals surface area contributed by atoms with Crippen LogP contribution >= 0.6 is 11.3 Å². The molecule has 0 saturated heterocycles. The van der Waals surface area contributed by atoms with E-state index in [1.54, 1.807) is 24.0 Å². The Kier molecular flexibility index (Phi) is 4.64. The molecule has 6 nitrogen and oxygen atoms in total. The van der Waals surface area contributed by atoms with E-state index in [1.807, 2.05) is 47.8 Å². The molecule has 0 aliphatic carbocycles. The molecule has 3 aromatic rings. The molecule has 124 valence electrons. The summed E-state index contributed by atoms with van der Waals surface area (Å²) in [6, 6.07) is 12.9. The lowest BCUT2D eigenvalue weighted by atomic mass is 10.1. The van der Waals surface area contributed by atoms with Crippen molar-refractivity contribution in [2.24, 2.45) is 0 Å². The summed E-state index contributed by atoms with van der Waals surface area (Å²) in [7, 11) is 0. The molecule has 0 spiro atoms. The molecule has 7 heteroatoms. The van der Waals surface area contributed by atoms with Crippen molar-refractivity contribution in [3.05, 3.63) is 65.1 Å². The number of benzene rings is 1. The van der Waals surface area contributed by atoms with E-state index in [2.05, 4.69) is 15.7 Å². The average molecular weight is 342 g/mol. The van der Waals surface area contributed by atoms with E-state index in [-0.39, 0.29) is 12.6 Å². The predicted octanol–water partition coefficient (Wildman–Crippen LogP) is 2.96. The van der Waals surface area contributed by atoms with E-state index in [4.69, 9.17) is 0 Å². The Morgan fingerprint density at radius 3 is 2.79 bits per heavy atom. The van der Waals surface area contributed by atoms with Gasteiger partial charge in [0.25, 0.3) is 0 Å². The molecule has 0 aliphatic rings. The first-order valence-corrected chi connectivity index (χ1v) is 8.34. The molecule has 0 radical (unpaired) electrons. The van der Waals surface area contributed by atoms with Crippen molar-refractivity contribution in [1.82, 2.24) is 15.1 Å². The van der Waals surface area contributed by atoms with Crippen LogP contribution in [0.1, 0.15) is 11.8 Å². The molecule has 1 atom stereocenters. The number of rotatable bonds is 5. The second-order valence-electron chi connectivity index (χ2n) is 5.57. The number of amides is 2. The lowest BCUT2D eigenvalue weighted by Gasteiger charge is -2.22. The topological polar surface area (TPSA) is 79.2 Å². The summed E-state index contributed by atoms with van der Waals surface area (Å²) in [5, 5.41) is 21.9. The van der Waals surface area contributed by atoms with Gasteiger partial charge in [-0.05, 0) is 30.5 Å². The zero-order valence-corrected chi connectivity index (χ0v) is 14.0. The smallest absolute Gasteiger partial charge is 0.319 e. The van der Waals surface area contributed by atoms with Gasteiger partial charge in [-0.3, -0.25) is 0 Å². The van der Waals surface area contributed by atoms with E-state index in [0.717, 1.165) is 10.6 Å². The van der Waals surface area contributed by atoms with Gasteiger partial charge in [0.2, 0.25) is 0 Å². The molecule has 1 aromatic carbocycles. The Hall–Kier alpha value is -2.64. The Bertz CT molecular complexity index is 797. The second-order valence-corrected chi connectivity index (χ2v) is 6.52. The molecular weight excluding hydrogens is 324 g/mol. The third-order valence-electron chi connectivity index (χ3n) is 3.51. The van der Waals surface area contributed by atoms with Crippen molar-refractivity contribution in [1.29, 1.82) is 0 Å². The van der Waals surface area contributed by atoms with Crippen molar-refractivity contribution in [3.8, 4) is 5.69 Å². The standard InChI is InChI=1S/C17H18N4O2S/c1-17(23,15-8-5-9-24-15)12-18-16(22)20-13-10-19-21(11-13)14-6-3-2-4-7-14/h2-11,23H,12H2,1H3,(H2,18,20,22)/t17-/m0/s1. The predicted molar refractivity (Wildman–Crippen MR) is 94.5 cm³/mol. The number of hydrogen-bond donors (Lipinski definition) is 3. The zero-order valence-electron chi connectivity index (χ0n) is 13.1. The van der Waals surface area contributed by atoms with Crippen molar-refractivity contribution < 1.29 is 9.90 Å². The lowest BCUT2D eigenvalue weighted by Crippen LogP contribution is -2.40. The van der Waals surface area contributed by atoms with Crippen LogP contribution in [0.4, 0.5) is 10.5 Å². The van der Waals surface area contributed by atoms with Gasteiger partial charge < -0.3 is 15.7 Å². The van der Waals surface area contributed by atoms with Crippen LogP contribution in [0.5, 0.6) is 0 Å². The van der Waals surface area contributed by atoms with Gasteiger partial charge in [-0.25, -0.2) is 9.48 Å². The largest absolute Gasteiger partial charge is 0.383 e. The number of carbonyl (C=O) groups excluding carboxylic acids is 1. The summed E-state index contributed by atoms with van der Waals surface area (Å²) >= 11 is 1.45. The molecule has 0 unspecified atom stereocenters. The van der Waals surface area contributed by atoms with Crippen LogP contribution in [0.3, 0.4) is 0 Å². The van der Waals surface area contributed by atoms with Gasteiger partial charge in [0.1, 0.15) is 5.60 Å². The fourth-order valence-electron chi connectivity index (χ4n) is 2.21. The summed E-state index contributed by atoms with van der Waals surface area (Å²) in [5.41, 5.74) is 0.387. The van der Waals surface area contributed by atoms with Crippen molar-refractivity contribution in [2.75, 3.05) is 11.9 Å². The summed E-state index contributed by atoms with van der Waals surface area (Å²) in [4.78, 5) is 12.8. The molecular formula is C17H18N4O2S. The van der Waals surface area contributed by atoms with Gasteiger partial charge in [0.05, 0.1) is 30.3 Å². The number of aliphatic hydroxyl groups is 1. The average Bonchev–Trinajstić information content (AvgIpc) is 3.26. The van der Waals surface area contributed by atoms with Crippen LogP contribution in [0.2, 0.25) is 0 Å². The number of para-hydroxylation sites is 1. The highest BCUT2D eigenvalue weighted by Gasteiger charge is 2.24. The van der Waals surface area contributed by atoms with Gasteiger partial charge in [0.15, 0.2) is 0 Å². The van der Waals surface area contributed by atoms with Crippen LogP contribution in [0, 0.1) is 0 Å². The molecule has 0 saturated carbocycles.